The molecule has 7 nitrogen and oxygen atoms in total. The molecule has 0 aliphatic carbocycles. The van der Waals surface area contributed by atoms with Crippen molar-refractivity contribution >= 4 is 27.3 Å². The first-order valence-electron chi connectivity index (χ1n) is 9.40. The molecular formula is C20H16ClF3N4O3S. The number of sulfone groups is 1. The average Bonchev–Trinajstić information content (AvgIpc) is 2.73. The molecule has 0 N–H and O–H groups in total. The third-order valence-corrected chi connectivity index (χ3v) is 6.73. The van der Waals surface area contributed by atoms with E-state index >= 15 is 0 Å². The second-order valence-corrected chi connectivity index (χ2v) is 9.70. The van der Waals surface area contributed by atoms with Gasteiger partial charge in [0, 0.05) is 36.6 Å². The van der Waals surface area contributed by atoms with Gasteiger partial charge in [0.15, 0.2) is 9.84 Å². The molecule has 1 aromatic carbocycles. The van der Waals surface area contributed by atoms with Crippen LogP contribution in [0.5, 0.6) is 5.75 Å². The number of halogens is 4. The third kappa shape index (κ3) is 5.10. The van der Waals surface area contributed by atoms with Gasteiger partial charge in [-0.2, -0.15) is 0 Å². The molecule has 3 heterocycles. The van der Waals surface area contributed by atoms with Gasteiger partial charge in [-0.15, -0.1) is 13.2 Å². The molecule has 1 aliphatic rings. The van der Waals surface area contributed by atoms with Crippen molar-refractivity contribution in [3.63, 3.8) is 0 Å². The Morgan fingerprint density at radius 3 is 2.31 bits per heavy atom. The minimum atomic E-state index is -4.79. The predicted molar refractivity (Wildman–Crippen MR) is 113 cm³/mol. The lowest BCUT2D eigenvalue weighted by Crippen LogP contribution is -2.40. The Bertz CT molecular complexity index is 1220. The van der Waals surface area contributed by atoms with Crippen LogP contribution in [-0.2, 0) is 9.84 Å². The van der Waals surface area contributed by atoms with Crippen LogP contribution in [0.15, 0.2) is 48.9 Å². The zero-order chi connectivity index (χ0) is 22.9. The first kappa shape index (κ1) is 22.3. The van der Waals surface area contributed by atoms with Gasteiger partial charge in [0.1, 0.15) is 17.3 Å². The predicted octanol–water partition coefficient (Wildman–Crippen LogP) is 3.99. The highest BCUT2D eigenvalue weighted by molar-refractivity contribution is 7.91. The van der Waals surface area contributed by atoms with E-state index in [-0.39, 0.29) is 30.3 Å². The zero-order valence-electron chi connectivity index (χ0n) is 16.4. The van der Waals surface area contributed by atoms with Crippen molar-refractivity contribution in [1.82, 2.24) is 15.0 Å². The second kappa shape index (κ2) is 8.55. The highest BCUT2D eigenvalue weighted by Crippen LogP contribution is 2.35. The van der Waals surface area contributed by atoms with Gasteiger partial charge >= 0.3 is 6.36 Å². The summed E-state index contributed by atoms with van der Waals surface area (Å²) < 4.78 is 64.8. The number of hydrogen-bond acceptors (Lipinski definition) is 7. The molecule has 0 atom stereocenters. The Hall–Kier alpha value is -2.92. The van der Waals surface area contributed by atoms with Crippen molar-refractivity contribution in [2.24, 2.45) is 0 Å². The normalized spacial score (nSPS) is 16.1. The van der Waals surface area contributed by atoms with Crippen molar-refractivity contribution in [2.45, 2.75) is 6.36 Å². The number of pyridine rings is 1. The molecule has 4 rings (SSSR count). The van der Waals surface area contributed by atoms with Gasteiger partial charge in [-0.3, -0.25) is 9.97 Å². The van der Waals surface area contributed by atoms with Crippen LogP contribution >= 0.6 is 11.6 Å². The average molecular weight is 485 g/mol. The van der Waals surface area contributed by atoms with Gasteiger partial charge in [-0.1, -0.05) is 11.6 Å². The van der Waals surface area contributed by atoms with Crippen LogP contribution in [0.3, 0.4) is 0 Å². The van der Waals surface area contributed by atoms with Crippen molar-refractivity contribution in [3.8, 4) is 28.3 Å². The van der Waals surface area contributed by atoms with E-state index in [9.17, 15) is 21.6 Å². The molecule has 168 valence electrons. The van der Waals surface area contributed by atoms with Gasteiger partial charge in [0.25, 0.3) is 0 Å². The van der Waals surface area contributed by atoms with Crippen LogP contribution < -0.4 is 9.64 Å². The molecule has 1 fully saturated rings. The Labute approximate surface area is 186 Å². The Morgan fingerprint density at radius 1 is 1.00 bits per heavy atom. The topological polar surface area (TPSA) is 85.3 Å². The first-order chi connectivity index (χ1) is 15.1. The van der Waals surface area contributed by atoms with E-state index in [1.165, 1.54) is 42.9 Å². The highest BCUT2D eigenvalue weighted by Gasteiger charge is 2.31. The molecule has 0 radical (unpaired) electrons. The third-order valence-electron chi connectivity index (χ3n) is 4.82. The van der Waals surface area contributed by atoms with Gasteiger partial charge in [0.2, 0.25) is 0 Å². The molecule has 0 spiro atoms. The van der Waals surface area contributed by atoms with E-state index in [2.05, 4.69) is 19.7 Å². The smallest absolute Gasteiger partial charge is 0.406 e. The van der Waals surface area contributed by atoms with Crippen molar-refractivity contribution < 1.29 is 26.3 Å². The number of hydrogen-bond donors (Lipinski definition) is 0. The lowest BCUT2D eigenvalue weighted by molar-refractivity contribution is -0.274. The maximum atomic E-state index is 12.5. The number of benzene rings is 1. The minimum absolute atomic E-state index is 0.0163. The lowest BCUT2D eigenvalue weighted by atomic mass is 10.0. The summed E-state index contributed by atoms with van der Waals surface area (Å²) in [5.41, 5.74) is 1.83. The van der Waals surface area contributed by atoms with E-state index in [1.54, 1.807) is 6.07 Å². The van der Waals surface area contributed by atoms with Crippen molar-refractivity contribution in [1.29, 1.82) is 0 Å². The van der Waals surface area contributed by atoms with Crippen LogP contribution in [0, 0.1) is 0 Å². The summed E-state index contributed by atoms with van der Waals surface area (Å²) in [6.07, 6.45) is -0.303. The minimum Gasteiger partial charge on any atom is -0.406 e. The zero-order valence-corrected chi connectivity index (χ0v) is 18.0. The van der Waals surface area contributed by atoms with E-state index in [4.69, 9.17) is 11.6 Å². The maximum absolute atomic E-state index is 12.5. The quantitative estimate of drug-likeness (QED) is 0.553. The Balaban J connectivity index is 1.75. The van der Waals surface area contributed by atoms with Crippen molar-refractivity contribution in [3.05, 3.63) is 53.9 Å². The van der Waals surface area contributed by atoms with Crippen LogP contribution in [0.25, 0.3) is 22.5 Å². The molecule has 12 heteroatoms. The number of nitrogens with zero attached hydrogens (tertiary/aromatic N) is 4. The van der Waals surface area contributed by atoms with Gasteiger partial charge in [-0.25, -0.2) is 13.4 Å². The molecule has 2 aromatic heterocycles. The fourth-order valence-electron chi connectivity index (χ4n) is 3.25. The monoisotopic (exact) mass is 484 g/mol. The van der Waals surface area contributed by atoms with E-state index in [0.717, 1.165) is 0 Å². The van der Waals surface area contributed by atoms with Crippen LogP contribution in [0.2, 0.25) is 5.02 Å². The number of aromatic nitrogens is 3. The van der Waals surface area contributed by atoms with E-state index in [0.29, 0.717) is 33.4 Å². The summed E-state index contributed by atoms with van der Waals surface area (Å²) in [5, 5.41) is 0.318. The van der Waals surface area contributed by atoms with Crippen LogP contribution in [0.1, 0.15) is 0 Å². The van der Waals surface area contributed by atoms with Gasteiger partial charge in [-0.05, 0) is 30.3 Å². The molecule has 3 aromatic rings. The Kier molecular flexibility index (Phi) is 5.95. The largest absolute Gasteiger partial charge is 0.573 e. The molecule has 0 saturated carbocycles. The standard InChI is InChI=1S/C20H16ClF3N4O3S/c21-16-11-25-6-5-15(16)19-18(13-1-3-14(4-2-13)31-20(22,23)24)26-12-17(27-19)28-7-9-32(29,30)10-8-28/h1-6,11-12H,7-10H2. The number of alkyl halides is 3. The number of ether oxygens (including phenoxy) is 1. The first-order valence-corrected chi connectivity index (χ1v) is 11.6. The number of rotatable bonds is 4. The molecular weight excluding hydrogens is 469 g/mol. The van der Waals surface area contributed by atoms with Gasteiger partial charge in [0.05, 0.1) is 28.4 Å². The summed E-state index contributed by atoms with van der Waals surface area (Å²) in [6, 6.07) is 6.91. The van der Waals surface area contributed by atoms with Crippen LogP contribution in [0.4, 0.5) is 19.0 Å². The van der Waals surface area contributed by atoms with E-state index in [1.807, 2.05) is 4.90 Å². The SMILES string of the molecule is O=S1(=O)CCN(c2cnc(-c3ccc(OC(F)(F)F)cc3)c(-c3ccncc3Cl)n2)CC1. The fraction of sp³-hybridized carbons (Fsp3) is 0.250. The van der Waals surface area contributed by atoms with Gasteiger partial charge < -0.3 is 9.64 Å². The molecule has 0 unspecified atom stereocenters. The summed E-state index contributed by atoms with van der Waals surface area (Å²) >= 11 is 6.32. The summed E-state index contributed by atoms with van der Waals surface area (Å²) in [6.45, 7) is 0.562. The maximum Gasteiger partial charge on any atom is 0.573 e. The summed E-state index contributed by atoms with van der Waals surface area (Å²) in [7, 11) is -3.07. The molecule has 1 saturated heterocycles. The highest BCUT2D eigenvalue weighted by atomic mass is 35.5. The number of anilines is 1. The lowest BCUT2D eigenvalue weighted by Gasteiger charge is -2.28. The molecule has 1 aliphatic heterocycles. The van der Waals surface area contributed by atoms with Crippen molar-refractivity contribution in [2.75, 3.05) is 29.5 Å². The fourth-order valence-corrected chi connectivity index (χ4v) is 4.66. The van der Waals surface area contributed by atoms with Crippen LogP contribution in [-0.4, -0.2) is 54.3 Å². The summed E-state index contributed by atoms with van der Waals surface area (Å²) in [4.78, 5) is 14.9. The Morgan fingerprint density at radius 2 is 1.69 bits per heavy atom. The van der Waals surface area contributed by atoms with E-state index < -0.39 is 16.2 Å². The second-order valence-electron chi connectivity index (χ2n) is 6.99. The molecule has 32 heavy (non-hydrogen) atoms. The molecule has 0 bridgehead atoms. The molecule has 0 amide bonds. The summed E-state index contributed by atoms with van der Waals surface area (Å²) in [5.74, 6) is 0.151.